The summed E-state index contributed by atoms with van der Waals surface area (Å²) in [5, 5.41) is 8.61. The number of halogens is 1. The van der Waals surface area contributed by atoms with Crippen LogP contribution in [-0.2, 0) is 7.05 Å². The summed E-state index contributed by atoms with van der Waals surface area (Å²) in [5.74, 6) is 5.39. The zero-order valence-electron chi connectivity index (χ0n) is 10.2. The SMILES string of the molecule is Cn1nncc1C(NN)c1cc2cc(F)ccc2s1. The number of nitrogens with one attached hydrogen (secondary N) is 1. The van der Waals surface area contributed by atoms with Crippen molar-refractivity contribution in [1.82, 2.24) is 20.4 Å². The van der Waals surface area contributed by atoms with Crippen LogP contribution in [0.5, 0.6) is 0 Å². The van der Waals surface area contributed by atoms with Crippen molar-refractivity contribution in [3.05, 3.63) is 46.9 Å². The Balaban J connectivity index is 2.09. The van der Waals surface area contributed by atoms with Crippen LogP contribution < -0.4 is 11.3 Å². The molecule has 0 fully saturated rings. The van der Waals surface area contributed by atoms with E-state index in [-0.39, 0.29) is 11.9 Å². The van der Waals surface area contributed by atoms with Gasteiger partial charge in [-0.15, -0.1) is 16.4 Å². The van der Waals surface area contributed by atoms with Crippen molar-refractivity contribution in [3.63, 3.8) is 0 Å². The molecule has 0 saturated carbocycles. The molecule has 0 aliphatic heterocycles. The molecule has 98 valence electrons. The molecule has 0 amide bonds. The van der Waals surface area contributed by atoms with Gasteiger partial charge in [0.05, 0.1) is 17.9 Å². The third-order valence-corrected chi connectivity index (χ3v) is 4.17. The van der Waals surface area contributed by atoms with Gasteiger partial charge >= 0.3 is 0 Å². The third kappa shape index (κ3) is 2.12. The van der Waals surface area contributed by atoms with Gasteiger partial charge in [0, 0.05) is 16.6 Å². The van der Waals surface area contributed by atoms with E-state index in [1.54, 1.807) is 35.3 Å². The number of aromatic nitrogens is 3. The second-order valence-corrected chi connectivity index (χ2v) is 5.33. The van der Waals surface area contributed by atoms with Crippen molar-refractivity contribution in [2.24, 2.45) is 12.9 Å². The molecule has 7 heteroatoms. The fourth-order valence-corrected chi connectivity index (χ4v) is 3.17. The predicted molar refractivity (Wildman–Crippen MR) is 72.0 cm³/mol. The van der Waals surface area contributed by atoms with Crippen LogP contribution in [0.3, 0.4) is 0 Å². The lowest BCUT2D eigenvalue weighted by Gasteiger charge is -2.13. The minimum absolute atomic E-state index is 0.208. The summed E-state index contributed by atoms with van der Waals surface area (Å²) in [6, 6.07) is 6.47. The minimum Gasteiger partial charge on any atom is -0.270 e. The molecule has 2 aromatic heterocycles. The second-order valence-electron chi connectivity index (χ2n) is 4.21. The molecule has 1 unspecified atom stereocenters. The Bertz CT molecular complexity index is 720. The summed E-state index contributed by atoms with van der Waals surface area (Å²) in [6.07, 6.45) is 1.66. The molecule has 0 aliphatic carbocycles. The number of benzene rings is 1. The van der Waals surface area contributed by atoms with Crippen LogP contribution in [0, 0.1) is 5.82 Å². The number of hydrazine groups is 1. The summed E-state index contributed by atoms with van der Waals surface area (Å²) in [5.41, 5.74) is 3.61. The smallest absolute Gasteiger partial charge is 0.123 e. The van der Waals surface area contributed by atoms with Crippen LogP contribution in [0.15, 0.2) is 30.5 Å². The number of aryl methyl sites for hydroxylation is 1. The molecular weight excluding hydrogens is 265 g/mol. The number of nitrogens with two attached hydrogens (primary N) is 1. The number of hydrogen-bond acceptors (Lipinski definition) is 5. The van der Waals surface area contributed by atoms with E-state index in [1.165, 1.54) is 12.1 Å². The molecule has 0 spiro atoms. The fraction of sp³-hybridized carbons (Fsp3) is 0.167. The standard InChI is InChI=1S/C12H12FN5S/c1-18-9(6-15-17-18)12(16-14)11-5-7-4-8(13)2-3-10(7)19-11/h2-6,12,16H,14H2,1H3. The van der Waals surface area contributed by atoms with E-state index >= 15 is 0 Å². The Morgan fingerprint density at radius 1 is 1.42 bits per heavy atom. The van der Waals surface area contributed by atoms with Crippen molar-refractivity contribution >= 4 is 21.4 Å². The highest BCUT2D eigenvalue weighted by Gasteiger charge is 2.19. The average molecular weight is 277 g/mol. The fourth-order valence-electron chi connectivity index (χ4n) is 2.05. The first-order valence-corrected chi connectivity index (χ1v) is 6.50. The van der Waals surface area contributed by atoms with Gasteiger partial charge in [0.1, 0.15) is 5.82 Å². The first kappa shape index (κ1) is 12.2. The van der Waals surface area contributed by atoms with E-state index in [0.717, 1.165) is 20.7 Å². The van der Waals surface area contributed by atoms with E-state index in [0.29, 0.717) is 0 Å². The maximum Gasteiger partial charge on any atom is 0.123 e. The maximum absolute atomic E-state index is 13.2. The highest BCUT2D eigenvalue weighted by Crippen LogP contribution is 2.32. The molecule has 5 nitrogen and oxygen atoms in total. The lowest BCUT2D eigenvalue weighted by atomic mass is 10.1. The highest BCUT2D eigenvalue weighted by molar-refractivity contribution is 7.19. The first-order chi connectivity index (χ1) is 9.19. The summed E-state index contributed by atoms with van der Waals surface area (Å²) in [4.78, 5) is 0.994. The summed E-state index contributed by atoms with van der Waals surface area (Å²) in [7, 11) is 1.81. The van der Waals surface area contributed by atoms with Crippen LogP contribution in [-0.4, -0.2) is 15.0 Å². The molecule has 0 saturated heterocycles. The monoisotopic (exact) mass is 277 g/mol. The average Bonchev–Trinajstić information content (AvgIpc) is 2.97. The van der Waals surface area contributed by atoms with Crippen molar-refractivity contribution in [1.29, 1.82) is 0 Å². The molecule has 1 aromatic carbocycles. The molecule has 0 radical (unpaired) electrons. The topological polar surface area (TPSA) is 68.8 Å². The molecule has 2 heterocycles. The highest BCUT2D eigenvalue weighted by atomic mass is 32.1. The zero-order valence-corrected chi connectivity index (χ0v) is 11.0. The Hall–Kier alpha value is -1.83. The summed E-state index contributed by atoms with van der Waals surface area (Å²) in [6.45, 7) is 0. The van der Waals surface area contributed by atoms with Gasteiger partial charge in [-0.25, -0.2) is 9.82 Å². The molecule has 3 aromatic rings. The van der Waals surface area contributed by atoms with Crippen LogP contribution in [0.4, 0.5) is 4.39 Å². The quantitative estimate of drug-likeness (QED) is 0.565. The van der Waals surface area contributed by atoms with Crippen molar-refractivity contribution in [3.8, 4) is 0 Å². The largest absolute Gasteiger partial charge is 0.270 e. The number of thiophene rings is 1. The third-order valence-electron chi connectivity index (χ3n) is 2.99. The Morgan fingerprint density at radius 2 is 2.26 bits per heavy atom. The molecule has 19 heavy (non-hydrogen) atoms. The van der Waals surface area contributed by atoms with Gasteiger partial charge in [-0.3, -0.25) is 10.5 Å². The van der Waals surface area contributed by atoms with Gasteiger partial charge in [0.15, 0.2) is 0 Å². The molecule has 3 rings (SSSR count). The molecule has 0 bridgehead atoms. The maximum atomic E-state index is 13.2. The molecule has 0 aliphatic rings. The van der Waals surface area contributed by atoms with Crippen LogP contribution >= 0.6 is 11.3 Å². The lowest BCUT2D eigenvalue weighted by Crippen LogP contribution is -2.29. The Labute approximate surface area is 112 Å². The Kier molecular flexibility index (Phi) is 3.02. The molecular formula is C12H12FN5S. The van der Waals surface area contributed by atoms with Gasteiger partial charge in [-0.1, -0.05) is 5.21 Å². The molecule has 1 atom stereocenters. The van der Waals surface area contributed by atoms with Crippen molar-refractivity contribution in [2.75, 3.05) is 0 Å². The predicted octanol–water partition coefficient (Wildman–Crippen LogP) is 1.72. The first-order valence-electron chi connectivity index (χ1n) is 5.69. The Morgan fingerprint density at radius 3 is 2.95 bits per heavy atom. The van der Waals surface area contributed by atoms with Gasteiger partial charge in [-0.05, 0) is 29.7 Å². The van der Waals surface area contributed by atoms with E-state index in [1.807, 2.05) is 6.07 Å². The van der Waals surface area contributed by atoms with Crippen molar-refractivity contribution in [2.45, 2.75) is 6.04 Å². The van der Waals surface area contributed by atoms with E-state index in [9.17, 15) is 4.39 Å². The second kappa shape index (κ2) is 4.69. The lowest BCUT2D eigenvalue weighted by molar-refractivity contribution is 0.577. The number of rotatable bonds is 3. The normalized spacial score (nSPS) is 13.0. The zero-order chi connectivity index (χ0) is 13.4. The minimum atomic E-state index is -0.240. The van der Waals surface area contributed by atoms with Crippen LogP contribution in [0.2, 0.25) is 0 Å². The molecule has 3 N–H and O–H groups in total. The van der Waals surface area contributed by atoms with Crippen molar-refractivity contribution < 1.29 is 4.39 Å². The van der Waals surface area contributed by atoms with E-state index < -0.39 is 0 Å². The number of nitrogens with zero attached hydrogens (tertiary/aromatic N) is 3. The van der Waals surface area contributed by atoms with Gasteiger partial charge in [-0.2, -0.15) is 0 Å². The summed E-state index contributed by atoms with van der Waals surface area (Å²) < 4.78 is 15.9. The van der Waals surface area contributed by atoms with E-state index in [2.05, 4.69) is 15.7 Å². The summed E-state index contributed by atoms with van der Waals surface area (Å²) >= 11 is 1.57. The van der Waals surface area contributed by atoms with Gasteiger partial charge in [0.2, 0.25) is 0 Å². The number of fused-ring (bicyclic) bond motifs is 1. The number of hydrogen-bond donors (Lipinski definition) is 2. The van der Waals surface area contributed by atoms with Crippen LogP contribution in [0.1, 0.15) is 16.6 Å². The van der Waals surface area contributed by atoms with Gasteiger partial charge in [0.25, 0.3) is 0 Å². The van der Waals surface area contributed by atoms with Crippen LogP contribution in [0.25, 0.3) is 10.1 Å². The van der Waals surface area contributed by atoms with E-state index in [4.69, 9.17) is 5.84 Å². The van der Waals surface area contributed by atoms with Gasteiger partial charge < -0.3 is 0 Å².